The molecule has 0 bridgehead atoms. The molecule has 0 heterocycles. The number of carbonyl (C=O) groups excluding carboxylic acids is 1. The number of hydrogen-bond donors (Lipinski definition) is 4. The number of nitrogens with one attached hydrogen (secondary N) is 3. The molecule has 0 aliphatic rings. The highest BCUT2D eigenvalue weighted by Gasteiger charge is 2.35. The largest absolute Gasteiger partial charge is 0.508 e. The Hall–Kier alpha value is -1.73. The third-order valence-corrected chi connectivity index (χ3v) is 4.25. The van der Waals surface area contributed by atoms with Crippen LogP contribution in [0, 0.1) is 6.92 Å². The third kappa shape index (κ3) is 5.92. The van der Waals surface area contributed by atoms with Crippen LogP contribution in [0.1, 0.15) is 15.9 Å². The molecule has 1 atom stereocenters. The molecule has 138 valence electrons. The van der Waals surface area contributed by atoms with Crippen LogP contribution in [0.25, 0.3) is 0 Å². The van der Waals surface area contributed by atoms with Gasteiger partial charge in [-0.1, -0.05) is 59.1 Å². The Morgan fingerprint density at radius 3 is 2.42 bits per heavy atom. The van der Waals surface area contributed by atoms with Gasteiger partial charge >= 0.3 is 0 Å². The summed E-state index contributed by atoms with van der Waals surface area (Å²) in [6, 6.07) is 13.4. The Labute approximate surface area is 171 Å². The first-order valence-corrected chi connectivity index (χ1v) is 9.01. The second-order valence-corrected chi connectivity index (χ2v) is 8.19. The molecule has 2 rings (SSSR count). The summed E-state index contributed by atoms with van der Waals surface area (Å²) < 4.78 is -1.86. The first kappa shape index (κ1) is 20.6. The molecule has 0 saturated heterocycles. The lowest BCUT2D eigenvalue weighted by Gasteiger charge is -2.28. The summed E-state index contributed by atoms with van der Waals surface area (Å²) in [5, 5.41) is 17.8. The maximum atomic E-state index is 12.5. The van der Waals surface area contributed by atoms with E-state index in [0.717, 1.165) is 5.56 Å². The molecule has 1 amide bonds. The van der Waals surface area contributed by atoms with Gasteiger partial charge in [0, 0.05) is 17.3 Å². The van der Waals surface area contributed by atoms with Crippen molar-refractivity contribution in [2.45, 2.75) is 16.9 Å². The van der Waals surface area contributed by atoms with E-state index in [2.05, 4.69) is 16.0 Å². The standard InChI is InChI=1S/C17H16Cl3N3O2S/c1-10-5-2-3-8-13(10)14(25)22-15(17(18,19)20)23-16(26)21-11-6-4-7-12(24)9-11/h2-9,15,24H,1H3,(H,22,25)(H2,21,23,26)/t15-/m1/s1. The van der Waals surface area contributed by atoms with E-state index in [9.17, 15) is 9.90 Å². The van der Waals surface area contributed by atoms with Gasteiger partial charge in [-0.2, -0.15) is 0 Å². The minimum atomic E-state index is -1.86. The van der Waals surface area contributed by atoms with E-state index in [-0.39, 0.29) is 10.9 Å². The van der Waals surface area contributed by atoms with Crippen molar-refractivity contribution < 1.29 is 9.90 Å². The number of halogens is 3. The normalized spacial score (nSPS) is 12.2. The zero-order valence-corrected chi connectivity index (χ0v) is 16.7. The number of aryl methyl sites for hydroxylation is 1. The minimum Gasteiger partial charge on any atom is -0.508 e. The summed E-state index contributed by atoms with van der Waals surface area (Å²) in [6.45, 7) is 1.81. The summed E-state index contributed by atoms with van der Waals surface area (Å²) in [7, 11) is 0. The highest BCUT2D eigenvalue weighted by molar-refractivity contribution is 7.80. The molecular weight excluding hydrogens is 417 g/mol. The van der Waals surface area contributed by atoms with E-state index in [1.54, 1.807) is 37.3 Å². The van der Waals surface area contributed by atoms with Crippen LogP contribution in [0.5, 0.6) is 5.75 Å². The van der Waals surface area contributed by atoms with E-state index in [1.807, 2.05) is 6.07 Å². The van der Waals surface area contributed by atoms with E-state index in [0.29, 0.717) is 11.3 Å². The number of aromatic hydroxyl groups is 1. The number of benzene rings is 2. The highest BCUT2D eigenvalue weighted by atomic mass is 35.6. The molecule has 0 aromatic heterocycles. The van der Waals surface area contributed by atoms with Gasteiger partial charge in [-0.25, -0.2) is 0 Å². The van der Waals surface area contributed by atoms with Crippen LogP contribution in [-0.4, -0.2) is 26.1 Å². The van der Waals surface area contributed by atoms with E-state index in [1.165, 1.54) is 12.1 Å². The lowest BCUT2D eigenvalue weighted by molar-refractivity contribution is 0.0934. The van der Waals surface area contributed by atoms with Gasteiger partial charge in [0.05, 0.1) is 0 Å². The summed E-state index contributed by atoms with van der Waals surface area (Å²) in [5.41, 5.74) is 1.78. The van der Waals surface area contributed by atoms with Gasteiger partial charge in [-0.3, -0.25) is 4.79 Å². The molecular formula is C17H16Cl3N3O2S. The first-order chi connectivity index (χ1) is 12.2. The number of phenolic OH excluding ortho intramolecular Hbond substituents is 1. The number of amides is 1. The quantitative estimate of drug-likeness (QED) is 0.332. The fourth-order valence-corrected chi connectivity index (χ4v) is 2.68. The summed E-state index contributed by atoms with van der Waals surface area (Å²) in [5.74, 6) is -0.337. The minimum absolute atomic E-state index is 0.0728. The molecule has 4 N–H and O–H groups in total. The Morgan fingerprint density at radius 2 is 1.81 bits per heavy atom. The lowest BCUT2D eigenvalue weighted by atomic mass is 10.1. The van der Waals surface area contributed by atoms with Crippen molar-refractivity contribution in [3.05, 3.63) is 59.7 Å². The van der Waals surface area contributed by atoms with Crippen LogP contribution < -0.4 is 16.0 Å². The highest BCUT2D eigenvalue weighted by Crippen LogP contribution is 2.29. The van der Waals surface area contributed by atoms with Crippen molar-refractivity contribution in [3.8, 4) is 5.75 Å². The molecule has 0 aliphatic carbocycles. The fraction of sp³-hybridized carbons (Fsp3) is 0.176. The molecule has 2 aromatic carbocycles. The Balaban J connectivity index is 2.09. The van der Waals surface area contributed by atoms with Gasteiger partial charge < -0.3 is 21.1 Å². The second kappa shape index (κ2) is 8.77. The number of rotatable bonds is 4. The Kier molecular flexibility index (Phi) is 6.94. The average molecular weight is 433 g/mol. The van der Waals surface area contributed by atoms with Crippen LogP contribution in [0.2, 0.25) is 0 Å². The van der Waals surface area contributed by atoms with Gasteiger partial charge in [-0.15, -0.1) is 0 Å². The predicted molar refractivity (Wildman–Crippen MR) is 110 cm³/mol. The molecule has 2 aromatic rings. The fourth-order valence-electron chi connectivity index (χ4n) is 2.12. The van der Waals surface area contributed by atoms with E-state index < -0.39 is 15.9 Å². The van der Waals surface area contributed by atoms with Gasteiger partial charge in [0.15, 0.2) is 5.11 Å². The molecule has 0 aliphatic heterocycles. The molecule has 0 unspecified atom stereocenters. The number of anilines is 1. The molecule has 26 heavy (non-hydrogen) atoms. The zero-order chi connectivity index (χ0) is 19.3. The summed E-state index contributed by atoms with van der Waals surface area (Å²) >= 11 is 23.1. The Morgan fingerprint density at radius 1 is 1.12 bits per heavy atom. The van der Waals surface area contributed by atoms with Crippen molar-refractivity contribution in [3.63, 3.8) is 0 Å². The SMILES string of the molecule is Cc1ccccc1C(=O)N[C@H](NC(=S)Nc1cccc(O)c1)C(Cl)(Cl)Cl. The van der Waals surface area contributed by atoms with Gasteiger partial charge in [0.25, 0.3) is 5.91 Å². The molecule has 0 radical (unpaired) electrons. The Bertz CT molecular complexity index is 812. The van der Waals surface area contributed by atoms with Gasteiger partial charge in [-0.05, 0) is 42.9 Å². The molecule has 0 spiro atoms. The van der Waals surface area contributed by atoms with Crippen LogP contribution >= 0.6 is 47.0 Å². The van der Waals surface area contributed by atoms with Gasteiger partial charge in [0.2, 0.25) is 3.79 Å². The predicted octanol–water partition coefficient (Wildman–Crippen LogP) is 4.11. The number of thiocarbonyl (C=S) groups is 1. The first-order valence-electron chi connectivity index (χ1n) is 7.46. The van der Waals surface area contributed by atoms with Crippen molar-refractivity contribution >= 4 is 63.7 Å². The van der Waals surface area contributed by atoms with Crippen LogP contribution in [0.15, 0.2) is 48.5 Å². The smallest absolute Gasteiger partial charge is 0.253 e. The van der Waals surface area contributed by atoms with Crippen molar-refractivity contribution in [2.24, 2.45) is 0 Å². The van der Waals surface area contributed by atoms with E-state index >= 15 is 0 Å². The van der Waals surface area contributed by atoms with E-state index in [4.69, 9.17) is 47.0 Å². The number of alkyl halides is 3. The van der Waals surface area contributed by atoms with Crippen LogP contribution in [-0.2, 0) is 0 Å². The van der Waals surface area contributed by atoms with Crippen molar-refractivity contribution in [2.75, 3.05) is 5.32 Å². The number of phenols is 1. The van der Waals surface area contributed by atoms with Gasteiger partial charge in [0.1, 0.15) is 11.9 Å². The third-order valence-electron chi connectivity index (χ3n) is 3.37. The topological polar surface area (TPSA) is 73.4 Å². The monoisotopic (exact) mass is 431 g/mol. The molecule has 9 heteroatoms. The molecule has 5 nitrogen and oxygen atoms in total. The number of hydrogen-bond acceptors (Lipinski definition) is 3. The van der Waals surface area contributed by atoms with Crippen LogP contribution in [0.3, 0.4) is 0 Å². The lowest BCUT2D eigenvalue weighted by Crippen LogP contribution is -2.56. The second-order valence-electron chi connectivity index (χ2n) is 5.41. The van der Waals surface area contributed by atoms with Crippen LogP contribution in [0.4, 0.5) is 5.69 Å². The molecule has 0 fully saturated rings. The number of carbonyl (C=O) groups is 1. The van der Waals surface area contributed by atoms with Crippen molar-refractivity contribution in [1.82, 2.24) is 10.6 Å². The maximum absolute atomic E-state index is 12.5. The summed E-state index contributed by atoms with van der Waals surface area (Å²) in [6.07, 6.45) is -1.09. The zero-order valence-electron chi connectivity index (χ0n) is 13.6. The summed E-state index contributed by atoms with van der Waals surface area (Å²) in [4.78, 5) is 12.5. The maximum Gasteiger partial charge on any atom is 0.253 e. The molecule has 0 saturated carbocycles. The van der Waals surface area contributed by atoms with Crippen molar-refractivity contribution in [1.29, 1.82) is 0 Å². The average Bonchev–Trinajstić information content (AvgIpc) is 2.53.